The van der Waals surface area contributed by atoms with Gasteiger partial charge in [0.25, 0.3) is 11.5 Å². The predicted octanol–water partition coefficient (Wildman–Crippen LogP) is 2.92. The number of fused-ring (bicyclic) bond motifs is 2. The lowest BCUT2D eigenvalue weighted by Gasteiger charge is -2.28. The molecule has 5 rings (SSSR count). The molecular formula is C22H16F4N6O2. The number of rotatable bonds is 3. The molecule has 0 bridgehead atoms. The van der Waals surface area contributed by atoms with Crippen molar-refractivity contribution in [3.63, 3.8) is 0 Å². The number of H-pyrrole nitrogens is 1. The maximum Gasteiger partial charge on any atom is 0.451 e. The van der Waals surface area contributed by atoms with E-state index >= 15 is 0 Å². The number of hydrogen-bond donors (Lipinski definition) is 1. The van der Waals surface area contributed by atoms with Crippen molar-refractivity contribution in [3.8, 4) is 0 Å². The van der Waals surface area contributed by atoms with E-state index in [0.29, 0.717) is 22.0 Å². The lowest BCUT2D eigenvalue weighted by Crippen LogP contribution is -2.39. The fourth-order valence-electron chi connectivity index (χ4n) is 4.06. The van der Waals surface area contributed by atoms with Crippen LogP contribution in [0.15, 0.2) is 47.3 Å². The number of hydrogen-bond acceptors (Lipinski definition) is 5. The highest BCUT2D eigenvalue weighted by Crippen LogP contribution is 2.30. The second-order valence-electron chi connectivity index (χ2n) is 7.85. The molecule has 0 saturated carbocycles. The maximum atomic E-state index is 14.6. The van der Waals surface area contributed by atoms with E-state index in [-0.39, 0.29) is 43.0 Å². The number of aromatic amines is 1. The van der Waals surface area contributed by atoms with E-state index in [0.717, 1.165) is 10.6 Å². The van der Waals surface area contributed by atoms with Crippen LogP contribution in [0.1, 0.15) is 33.3 Å². The number of amides is 1. The van der Waals surface area contributed by atoms with Crippen LogP contribution in [0.3, 0.4) is 0 Å². The molecule has 4 aromatic rings. The van der Waals surface area contributed by atoms with Gasteiger partial charge in [-0.2, -0.15) is 18.3 Å². The van der Waals surface area contributed by atoms with Crippen LogP contribution in [0.25, 0.3) is 10.8 Å². The molecule has 3 heterocycles. The molecule has 0 aliphatic carbocycles. The third-order valence-electron chi connectivity index (χ3n) is 5.70. The quantitative estimate of drug-likeness (QED) is 0.463. The molecule has 0 radical (unpaired) electrons. The molecule has 0 atom stereocenters. The molecule has 0 unspecified atom stereocenters. The Hall–Kier alpha value is -4.09. The number of nitrogens with zero attached hydrogens (tertiary/aromatic N) is 5. The molecule has 1 amide bonds. The molecule has 2 aromatic heterocycles. The molecule has 1 aliphatic rings. The number of carbonyl (C=O) groups excluding carboxylic acids is 1. The van der Waals surface area contributed by atoms with E-state index in [4.69, 9.17) is 0 Å². The Morgan fingerprint density at radius 1 is 1.06 bits per heavy atom. The van der Waals surface area contributed by atoms with Gasteiger partial charge in [0, 0.05) is 24.9 Å². The Kier molecular flexibility index (Phi) is 5.14. The SMILES string of the molecule is O=C(c1cc(Cc2n[nH]c(=O)c3ccccc23)ccc1F)N1CCn2c(nnc2C(F)(F)F)C1. The summed E-state index contributed by atoms with van der Waals surface area (Å²) in [6.45, 7) is -0.433. The van der Waals surface area contributed by atoms with E-state index in [9.17, 15) is 27.2 Å². The van der Waals surface area contributed by atoms with E-state index < -0.39 is 23.7 Å². The zero-order valence-corrected chi connectivity index (χ0v) is 17.4. The Balaban J connectivity index is 1.42. The molecule has 1 N–H and O–H groups in total. The van der Waals surface area contributed by atoms with Crippen LogP contribution in [0.4, 0.5) is 17.6 Å². The van der Waals surface area contributed by atoms with Crippen molar-refractivity contribution in [2.45, 2.75) is 25.7 Å². The minimum atomic E-state index is -4.65. The Bertz CT molecular complexity index is 1480. The van der Waals surface area contributed by atoms with Gasteiger partial charge in [-0.3, -0.25) is 9.59 Å². The summed E-state index contributed by atoms with van der Waals surface area (Å²) in [7, 11) is 0. The van der Waals surface area contributed by atoms with Crippen LogP contribution < -0.4 is 5.56 Å². The van der Waals surface area contributed by atoms with E-state index in [1.165, 1.54) is 17.0 Å². The van der Waals surface area contributed by atoms with Gasteiger partial charge in [0.05, 0.1) is 23.2 Å². The highest BCUT2D eigenvalue weighted by Gasteiger charge is 2.40. The average molecular weight is 472 g/mol. The number of nitrogens with one attached hydrogen (secondary N) is 1. The normalized spacial score (nSPS) is 13.8. The summed E-state index contributed by atoms with van der Waals surface area (Å²) in [5.41, 5.74) is 0.580. The van der Waals surface area contributed by atoms with Crippen LogP contribution in [-0.2, 0) is 25.7 Å². The van der Waals surface area contributed by atoms with Gasteiger partial charge < -0.3 is 9.47 Å². The summed E-state index contributed by atoms with van der Waals surface area (Å²) < 4.78 is 54.6. The summed E-state index contributed by atoms with van der Waals surface area (Å²) in [4.78, 5) is 26.3. The highest BCUT2D eigenvalue weighted by atomic mass is 19.4. The monoisotopic (exact) mass is 472 g/mol. The first-order valence-corrected chi connectivity index (χ1v) is 10.3. The lowest BCUT2D eigenvalue weighted by atomic mass is 10.0. The summed E-state index contributed by atoms with van der Waals surface area (Å²) in [5, 5.41) is 14.4. The topological polar surface area (TPSA) is 96.8 Å². The van der Waals surface area contributed by atoms with Gasteiger partial charge in [-0.15, -0.1) is 10.2 Å². The van der Waals surface area contributed by atoms with Gasteiger partial charge in [-0.05, 0) is 23.8 Å². The Labute approximate surface area is 188 Å². The molecule has 34 heavy (non-hydrogen) atoms. The van der Waals surface area contributed by atoms with Gasteiger partial charge in [-0.25, -0.2) is 9.49 Å². The van der Waals surface area contributed by atoms with E-state index in [2.05, 4.69) is 20.4 Å². The second-order valence-corrected chi connectivity index (χ2v) is 7.85. The number of aromatic nitrogens is 5. The van der Waals surface area contributed by atoms with Crippen molar-refractivity contribution < 1.29 is 22.4 Å². The standard InChI is InChI=1S/C22H16F4N6O2/c23-16-6-5-12(10-17-13-3-1-2-4-14(13)19(33)29-27-17)9-15(16)20(34)31-7-8-32-18(11-31)28-30-21(32)22(24,25)26/h1-6,9H,7-8,10-11H2,(H,29,33). The summed E-state index contributed by atoms with van der Waals surface area (Å²) >= 11 is 0. The number of alkyl halides is 3. The fourth-order valence-corrected chi connectivity index (χ4v) is 4.06. The summed E-state index contributed by atoms with van der Waals surface area (Å²) in [6.07, 6.45) is -4.43. The molecule has 2 aromatic carbocycles. The number of carbonyl (C=O) groups is 1. The first kappa shape index (κ1) is 21.7. The summed E-state index contributed by atoms with van der Waals surface area (Å²) in [6, 6.07) is 11.0. The molecule has 1 aliphatic heterocycles. The molecule has 0 fully saturated rings. The molecule has 0 spiro atoms. The average Bonchev–Trinajstić information content (AvgIpc) is 3.26. The number of benzene rings is 2. The molecule has 12 heteroatoms. The summed E-state index contributed by atoms with van der Waals surface area (Å²) in [5.74, 6) is -2.56. The van der Waals surface area contributed by atoms with Gasteiger partial charge in [0.2, 0.25) is 5.82 Å². The van der Waals surface area contributed by atoms with E-state index in [1.807, 2.05) is 0 Å². The minimum Gasteiger partial charge on any atom is -0.329 e. The van der Waals surface area contributed by atoms with Crippen molar-refractivity contribution >= 4 is 16.7 Å². The van der Waals surface area contributed by atoms with Gasteiger partial charge >= 0.3 is 6.18 Å². The molecule has 174 valence electrons. The smallest absolute Gasteiger partial charge is 0.329 e. The maximum absolute atomic E-state index is 14.6. The van der Waals surface area contributed by atoms with Gasteiger partial charge in [0.1, 0.15) is 5.82 Å². The number of halogens is 4. The predicted molar refractivity (Wildman–Crippen MR) is 111 cm³/mol. The molecule has 8 nitrogen and oxygen atoms in total. The lowest BCUT2D eigenvalue weighted by molar-refractivity contribution is -0.147. The van der Waals surface area contributed by atoms with Crippen molar-refractivity contribution in [2.24, 2.45) is 0 Å². The van der Waals surface area contributed by atoms with Crippen molar-refractivity contribution in [1.29, 1.82) is 0 Å². The first-order valence-electron chi connectivity index (χ1n) is 10.3. The zero-order valence-electron chi connectivity index (χ0n) is 17.4. The fraction of sp³-hybridized carbons (Fsp3) is 0.227. The van der Waals surface area contributed by atoms with Crippen LogP contribution in [-0.4, -0.2) is 42.3 Å². The van der Waals surface area contributed by atoms with Crippen molar-refractivity contribution in [1.82, 2.24) is 29.9 Å². The van der Waals surface area contributed by atoms with Crippen molar-refractivity contribution in [3.05, 3.63) is 87.1 Å². The third-order valence-corrected chi connectivity index (χ3v) is 5.70. The largest absolute Gasteiger partial charge is 0.451 e. The third kappa shape index (κ3) is 3.80. The minimum absolute atomic E-state index is 0.0209. The molecule has 0 saturated heterocycles. The molecular weight excluding hydrogens is 456 g/mol. The first-order chi connectivity index (χ1) is 16.2. The zero-order chi connectivity index (χ0) is 24.0. The Morgan fingerprint density at radius 3 is 2.59 bits per heavy atom. The van der Waals surface area contributed by atoms with Crippen LogP contribution in [0, 0.1) is 5.82 Å². The van der Waals surface area contributed by atoms with Crippen LogP contribution in [0.5, 0.6) is 0 Å². The second kappa shape index (κ2) is 8.04. The van der Waals surface area contributed by atoms with Gasteiger partial charge in [-0.1, -0.05) is 24.3 Å². The Morgan fingerprint density at radius 2 is 1.82 bits per heavy atom. The van der Waals surface area contributed by atoms with Crippen molar-refractivity contribution in [2.75, 3.05) is 6.54 Å². The van der Waals surface area contributed by atoms with E-state index in [1.54, 1.807) is 24.3 Å². The highest BCUT2D eigenvalue weighted by molar-refractivity contribution is 5.94. The van der Waals surface area contributed by atoms with Crippen LogP contribution in [0.2, 0.25) is 0 Å². The van der Waals surface area contributed by atoms with Gasteiger partial charge in [0.15, 0.2) is 5.82 Å². The van der Waals surface area contributed by atoms with Crippen LogP contribution >= 0.6 is 0 Å².